The van der Waals surface area contributed by atoms with Crippen LogP contribution in [0.15, 0.2) is 16.8 Å². The number of rotatable bonds is 2. The SMILES string of the molecule is O=C(O)C1CCC(c2ccno2)CC1. The van der Waals surface area contributed by atoms with Gasteiger partial charge in [0.1, 0.15) is 5.76 Å². The van der Waals surface area contributed by atoms with Gasteiger partial charge in [-0.15, -0.1) is 0 Å². The average Bonchev–Trinajstić information content (AvgIpc) is 2.71. The molecule has 4 heteroatoms. The molecule has 14 heavy (non-hydrogen) atoms. The lowest BCUT2D eigenvalue weighted by molar-refractivity contribution is -0.142. The summed E-state index contributed by atoms with van der Waals surface area (Å²) in [6.07, 6.45) is 4.93. The Labute approximate surface area is 81.9 Å². The van der Waals surface area contributed by atoms with E-state index in [0.717, 1.165) is 31.4 Å². The number of nitrogens with zero attached hydrogens (tertiary/aromatic N) is 1. The van der Waals surface area contributed by atoms with Gasteiger partial charge >= 0.3 is 5.97 Å². The van der Waals surface area contributed by atoms with E-state index in [1.54, 1.807) is 6.20 Å². The smallest absolute Gasteiger partial charge is 0.306 e. The number of hydrogen-bond acceptors (Lipinski definition) is 3. The Morgan fingerprint density at radius 1 is 1.43 bits per heavy atom. The van der Waals surface area contributed by atoms with Crippen LogP contribution in [0.3, 0.4) is 0 Å². The summed E-state index contributed by atoms with van der Waals surface area (Å²) in [6, 6.07) is 1.87. The van der Waals surface area contributed by atoms with Gasteiger partial charge in [0.25, 0.3) is 0 Å². The molecular weight excluding hydrogens is 182 g/mol. The standard InChI is InChI=1S/C10H13NO3/c12-10(13)8-3-1-7(2-4-8)9-5-6-11-14-9/h5-8H,1-4H2,(H,12,13). The minimum absolute atomic E-state index is 0.158. The highest BCUT2D eigenvalue weighted by molar-refractivity contribution is 5.70. The molecule has 1 fully saturated rings. The van der Waals surface area contributed by atoms with Crippen LogP contribution in [0, 0.1) is 5.92 Å². The van der Waals surface area contributed by atoms with Crippen LogP contribution in [0.2, 0.25) is 0 Å². The number of aromatic nitrogens is 1. The van der Waals surface area contributed by atoms with E-state index in [9.17, 15) is 4.79 Å². The number of hydrogen-bond donors (Lipinski definition) is 1. The summed E-state index contributed by atoms with van der Waals surface area (Å²) in [4.78, 5) is 10.7. The predicted octanol–water partition coefficient (Wildman–Crippen LogP) is 2.03. The third kappa shape index (κ3) is 1.78. The van der Waals surface area contributed by atoms with Gasteiger partial charge in [-0.05, 0) is 25.7 Å². The van der Waals surface area contributed by atoms with Gasteiger partial charge in [-0.2, -0.15) is 0 Å². The van der Waals surface area contributed by atoms with E-state index < -0.39 is 5.97 Å². The lowest BCUT2D eigenvalue weighted by atomic mass is 9.81. The van der Waals surface area contributed by atoms with Crippen LogP contribution in [0.1, 0.15) is 37.4 Å². The van der Waals surface area contributed by atoms with Gasteiger partial charge < -0.3 is 9.63 Å². The van der Waals surface area contributed by atoms with Gasteiger partial charge in [0.05, 0.1) is 12.1 Å². The van der Waals surface area contributed by atoms with Gasteiger partial charge in [0.15, 0.2) is 0 Å². The second-order valence-corrected chi connectivity index (χ2v) is 3.80. The van der Waals surface area contributed by atoms with Gasteiger partial charge in [0.2, 0.25) is 0 Å². The highest BCUT2D eigenvalue weighted by Crippen LogP contribution is 2.35. The highest BCUT2D eigenvalue weighted by atomic mass is 16.5. The van der Waals surface area contributed by atoms with Crippen molar-refractivity contribution in [2.45, 2.75) is 31.6 Å². The molecule has 1 aliphatic rings. The van der Waals surface area contributed by atoms with Crippen LogP contribution in [-0.2, 0) is 4.79 Å². The van der Waals surface area contributed by atoms with Gasteiger partial charge in [-0.25, -0.2) is 0 Å². The maximum Gasteiger partial charge on any atom is 0.306 e. The molecule has 1 saturated carbocycles. The Balaban J connectivity index is 1.93. The first kappa shape index (κ1) is 9.24. The molecule has 0 unspecified atom stereocenters. The van der Waals surface area contributed by atoms with E-state index in [-0.39, 0.29) is 5.92 Å². The van der Waals surface area contributed by atoms with Crippen molar-refractivity contribution in [1.29, 1.82) is 0 Å². The first-order valence-corrected chi connectivity index (χ1v) is 4.90. The number of carboxylic acid groups (broad SMARTS) is 1. The fourth-order valence-electron chi connectivity index (χ4n) is 2.06. The molecule has 0 aliphatic heterocycles. The zero-order valence-corrected chi connectivity index (χ0v) is 7.85. The summed E-state index contributed by atoms with van der Waals surface area (Å²) in [6.45, 7) is 0. The molecule has 0 saturated heterocycles. The number of carbonyl (C=O) groups is 1. The quantitative estimate of drug-likeness (QED) is 0.784. The van der Waals surface area contributed by atoms with Crippen LogP contribution < -0.4 is 0 Å². The van der Waals surface area contributed by atoms with Crippen molar-refractivity contribution in [3.05, 3.63) is 18.0 Å². The molecule has 1 heterocycles. The third-order valence-electron chi connectivity index (χ3n) is 2.94. The average molecular weight is 195 g/mol. The highest BCUT2D eigenvalue weighted by Gasteiger charge is 2.28. The van der Waals surface area contributed by atoms with Crippen molar-refractivity contribution >= 4 is 5.97 Å². The lowest BCUT2D eigenvalue weighted by Gasteiger charge is -2.23. The van der Waals surface area contributed by atoms with Gasteiger partial charge in [-0.3, -0.25) is 4.79 Å². The van der Waals surface area contributed by atoms with Crippen molar-refractivity contribution in [3.63, 3.8) is 0 Å². The topological polar surface area (TPSA) is 63.3 Å². The fourth-order valence-corrected chi connectivity index (χ4v) is 2.06. The van der Waals surface area contributed by atoms with E-state index in [0.29, 0.717) is 5.92 Å². The van der Waals surface area contributed by atoms with E-state index in [2.05, 4.69) is 5.16 Å². The Morgan fingerprint density at radius 3 is 2.64 bits per heavy atom. The number of aliphatic carboxylic acids is 1. The Morgan fingerprint density at radius 2 is 2.14 bits per heavy atom. The Hall–Kier alpha value is -1.32. The molecule has 0 aromatic carbocycles. The molecule has 1 N–H and O–H groups in total. The molecule has 2 rings (SSSR count). The normalized spacial score (nSPS) is 27.4. The van der Waals surface area contributed by atoms with E-state index in [4.69, 9.17) is 9.63 Å². The van der Waals surface area contributed by atoms with Crippen molar-refractivity contribution in [2.24, 2.45) is 5.92 Å². The molecule has 1 aromatic heterocycles. The monoisotopic (exact) mass is 195 g/mol. The Bertz CT molecular complexity index is 299. The van der Waals surface area contributed by atoms with Crippen LogP contribution in [0.4, 0.5) is 0 Å². The first-order chi connectivity index (χ1) is 6.77. The molecule has 0 spiro atoms. The molecule has 1 aliphatic carbocycles. The van der Waals surface area contributed by atoms with Crippen molar-refractivity contribution < 1.29 is 14.4 Å². The minimum Gasteiger partial charge on any atom is -0.481 e. The summed E-state index contributed by atoms with van der Waals surface area (Å²) < 4.78 is 5.07. The molecule has 0 atom stereocenters. The number of carboxylic acids is 1. The molecule has 76 valence electrons. The van der Waals surface area contributed by atoms with Crippen LogP contribution in [0.25, 0.3) is 0 Å². The van der Waals surface area contributed by atoms with Crippen LogP contribution in [-0.4, -0.2) is 16.2 Å². The zero-order valence-electron chi connectivity index (χ0n) is 7.85. The van der Waals surface area contributed by atoms with Crippen molar-refractivity contribution in [1.82, 2.24) is 5.16 Å². The molecular formula is C10H13NO3. The fraction of sp³-hybridized carbons (Fsp3) is 0.600. The van der Waals surface area contributed by atoms with Crippen LogP contribution >= 0.6 is 0 Å². The van der Waals surface area contributed by atoms with Gasteiger partial charge in [-0.1, -0.05) is 5.16 Å². The molecule has 4 nitrogen and oxygen atoms in total. The van der Waals surface area contributed by atoms with Crippen molar-refractivity contribution in [2.75, 3.05) is 0 Å². The molecule has 1 aromatic rings. The summed E-state index contributed by atoms with van der Waals surface area (Å²) in [5, 5.41) is 12.5. The van der Waals surface area contributed by atoms with E-state index >= 15 is 0 Å². The largest absolute Gasteiger partial charge is 0.481 e. The third-order valence-corrected chi connectivity index (χ3v) is 2.94. The maximum atomic E-state index is 10.7. The Kier molecular flexibility index (Phi) is 2.52. The second kappa shape index (κ2) is 3.82. The summed E-state index contributed by atoms with van der Waals surface area (Å²) >= 11 is 0. The summed E-state index contributed by atoms with van der Waals surface area (Å²) in [5.74, 6) is 0.442. The molecule has 0 bridgehead atoms. The predicted molar refractivity (Wildman–Crippen MR) is 48.8 cm³/mol. The minimum atomic E-state index is -0.666. The summed E-state index contributed by atoms with van der Waals surface area (Å²) in [7, 11) is 0. The van der Waals surface area contributed by atoms with Crippen LogP contribution in [0.5, 0.6) is 0 Å². The molecule has 0 radical (unpaired) electrons. The lowest BCUT2D eigenvalue weighted by Crippen LogP contribution is -2.20. The molecule has 0 amide bonds. The van der Waals surface area contributed by atoms with Gasteiger partial charge in [0, 0.05) is 12.0 Å². The van der Waals surface area contributed by atoms with E-state index in [1.165, 1.54) is 0 Å². The first-order valence-electron chi connectivity index (χ1n) is 4.90. The maximum absolute atomic E-state index is 10.7. The summed E-state index contributed by atoms with van der Waals surface area (Å²) in [5.41, 5.74) is 0. The van der Waals surface area contributed by atoms with E-state index in [1.807, 2.05) is 6.07 Å². The second-order valence-electron chi connectivity index (χ2n) is 3.80. The van der Waals surface area contributed by atoms with Crippen molar-refractivity contribution in [3.8, 4) is 0 Å². The zero-order chi connectivity index (χ0) is 9.97.